The smallest absolute Gasteiger partial charge is 0.237 e. The summed E-state index contributed by atoms with van der Waals surface area (Å²) in [7, 11) is 0. The Hall–Kier alpha value is -2.25. The van der Waals surface area contributed by atoms with Crippen molar-refractivity contribution < 1.29 is 14.4 Å². The minimum atomic E-state index is -0.696. The molecular formula is C23H32N4O3. The Morgan fingerprint density at radius 3 is 2.67 bits per heavy atom. The van der Waals surface area contributed by atoms with E-state index in [0.717, 1.165) is 36.3 Å². The van der Waals surface area contributed by atoms with E-state index < -0.39 is 18.1 Å². The summed E-state index contributed by atoms with van der Waals surface area (Å²) in [4.78, 5) is 18.4. The van der Waals surface area contributed by atoms with Gasteiger partial charge in [0.25, 0.3) is 0 Å². The topological polar surface area (TPSA) is 105 Å². The predicted octanol–water partition coefficient (Wildman–Crippen LogP) is 3.23. The molecule has 0 spiro atoms. The summed E-state index contributed by atoms with van der Waals surface area (Å²) in [5.41, 5.74) is 7.55. The van der Waals surface area contributed by atoms with Crippen LogP contribution < -0.4 is 5.73 Å². The molecule has 1 saturated carbocycles. The summed E-state index contributed by atoms with van der Waals surface area (Å²) < 4.78 is 5.46. The van der Waals surface area contributed by atoms with Crippen LogP contribution in [0, 0.1) is 5.92 Å². The number of primary amides is 1. The van der Waals surface area contributed by atoms with Crippen molar-refractivity contribution in [3.8, 4) is 11.4 Å². The lowest BCUT2D eigenvalue weighted by molar-refractivity contribution is -0.125. The molecule has 0 bridgehead atoms. The number of aliphatic hydroxyl groups is 1. The monoisotopic (exact) mass is 412 g/mol. The standard InChI is InChI=1S/C23H32N4O3/c1-2-18(27-14-13-19(28)21(27)22(24)29)16-8-10-17(11-9-16)23-25-20(30-26-23)12-7-15-5-3-4-6-15/h8-11,15,18-19,21,28H,2-7,12-14H2,1H3,(H2,24,29)/t18-,19?,21?/m0/s1. The van der Waals surface area contributed by atoms with Gasteiger partial charge in [-0.05, 0) is 30.7 Å². The number of nitrogens with two attached hydrogens (primary N) is 1. The Kier molecular flexibility index (Phi) is 6.49. The van der Waals surface area contributed by atoms with Crippen LogP contribution in [-0.2, 0) is 11.2 Å². The molecule has 2 unspecified atom stereocenters. The Balaban J connectivity index is 1.43. The van der Waals surface area contributed by atoms with Crippen LogP contribution in [0.3, 0.4) is 0 Å². The number of amides is 1. The van der Waals surface area contributed by atoms with Gasteiger partial charge in [-0.2, -0.15) is 4.98 Å². The molecule has 2 aliphatic rings. The van der Waals surface area contributed by atoms with Crippen molar-refractivity contribution >= 4 is 5.91 Å². The molecule has 0 radical (unpaired) electrons. The van der Waals surface area contributed by atoms with Crippen LogP contribution in [0.5, 0.6) is 0 Å². The fourth-order valence-corrected chi connectivity index (χ4v) is 5.12. The average Bonchev–Trinajstić information content (AvgIpc) is 3.49. The average molecular weight is 413 g/mol. The molecule has 1 saturated heterocycles. The second kappa shape index (κ2) is 9.27. The zero-order valence-electron chi connectivity index (χ0n) is 17.7. The quantitative estimate of drug-likeness (QED) is 0.690. The van der Waals surface area contributed by atoms with Gasteiger partial charge in [0.2, 0.25) is 17.6 Å². The van der Waals surface area contributed by atoms with Crippen LogP contribution in [-0.4, -0.2) is 44.7 Å². The number of carbonyl (C=O) groups is 1. The first-order valence-electron chi connectivity index (χ1n) is 11.2. The van der Waals surface area contributed by atoms with Gasteiger partial charge in [0.05, 0.1) is 6.10 Å². The molecule has 7 heteroatoms. The Morgan fingerprint density at radius 1 is 1.27 bits per heavy atom. The van der Waals surface area contributed by atoms with Crippen LogP contribution in [0.4, 0.5) is 0 Å². The van der Waals surface area contributed by atoms with E-state index >= 15 is 0 Å². The molecular weight excluding hydrogens is 380 g/mol. The zero-order chi connectivity index (χ0) is 21.1. The highest BCUT2D eigenvalue weighted by molar-refractivity contribution is 5.81. The summed E-state index contributed by atoms with van der Waals surface area (Å²) in [5.74, 6) is 1.66. The molecule has 30 heavy (non-hydrogen) atoms. The number of nitrogens with zero attached hydrogens (tertiary/aromatic N) is 3. The van der Waals surface area contributed by atoms with Gasteiger partial charge in [-0.25, -0.2) is 0 Å². The number of rotatable bonds is 8. The maximum atomic E-state index is 11.8. The van der Waals surface area contributed by atoms with Crippen LogP contribution in [0.2, 0.25) is 0 Å². The minimum absolute atomic E-state index is 0.0286. The molecule has 1 aliphatic heterocycles. The largest absolute Gasteiger partial charge is 0.391 e. The Bertz CT molecular complexity index is 844. The fraction of sp³-hybridized carbons (Fsp3) is 0.609. The molecule has 3 atom stereocenters. The van der Waals surface area contributed by atoms with E-state index in [1.165, 1.54) is 25.7 Å². The highest BCUT2D eigenvalue weighted by atomic mass is 16.5. The summed E-state index contributed by atoms with van der Waals surface area (Å²) in [6, 6.07) is 7.47. The molecule has 2 fully saturated rings. The second-order valence-corrected chi connectivity index (χ2v) is 8.69. The SMILES string of the molecule is CC[C@@H](c1ccc(-c2noc(CCC3CCCC3)n2)cc1)N1CCC(O)C1C(N)=O. The lowest BCUT2D eigenvalue weighted by atomic mass is 9.99. The summed E-state index contributed by atoms with van der Waals surface area (Å²) in [6.07, 6.45) is 8.01. The van der Waals surface area contributed by atoms with E-state index in [0.29, 0.717) is 24.7 Å². The number of carbonyl (C=O) groups excluding carboxylic acids is 1. The van der Waals surface area contributed by atoms with Gasteiger partial charge in [0.1, 0.15) is 6.04 Å². The predicted molar refractivity (Wildman–Crippen MR) is 113 cm³/mol. The van der Waals surface area contributed by atoms with E-state index in [2.05, 4.69) is 17.1 Å². The number of aromatic nitrogens is 2. The fourth-order valence-electron chi connectivity index (χ4n) is 5.12. The van der Waals surface area contributed by atoms with Crippen molar-refractivity contribution in [1.82, 2.24) is 15.0 Å². The Morgan fingerprint density at radius 2 is 2.00 bits per heavy atom. The first-order chi connectivity index (χ1) is 14.6. The van der Waals surface area contributed by atoms with Gasteiger partial charge in [-0.15, -0.1) is 0 Å². The van der Waals surface area contributed by atoms with Gasteiger partial charge in [-0.1, -0.05) is 62.0 Å². The van der Waals surface area contributed by atoms with E-state index in [1.54, 1.807) is 0 Å². The van der Waals surface area contributed by atoms with Gasteiger partial charge < -0.3 is 15.4 Å². The molecule has 4 rings (SSSR count). The first-order valence-corrected chi connectivity index (χ1v) is 11.2. The maximum absolute atomic E-state index is 11.8. The molecule has 3 N–H and O–H groups in total. The van der Waals surface area contributed by atoms with Crippen molar-refractivity contribution in [3.63, 3.8) is 0 Å². The molecule has 1 aromatic carbocycles. The molecule has 7 nitrogen and oxygen atoms in total. The van der Waals surface area contributed by atoms with E-state index in [4.69, 9.17) is 10.3 Å². The number of hydrogen-bond donors (Lipinski definition) is 2. The normalized spacial score (nSPS) is 23.8. The molecule has 1 aromatic heterocycles. The minimum Gasteiger partial charge on any atom is -0.391 e. The van der Waals surface area contributed by atoms with E-state index in [-0.39, 0.29) is 6.04 Å². The summed E-state index contributed by atoms with van der Waals surface area (Å²) in [6.45, 7) is 2.74. The molecule has 2 heterocycles. The van der Waals surface area contributed by atoms with Crippen LogP contribution >= 0.6 is 0 Å². The summed E-state index contributed by atoms with van der Waals surface area (Å²) in [5, 5.41) is 14.3. The lowest BCUT2D eigenvalue weighted by Crippen LogP contribution is -2.47. The van der Waals surface area contributed by atoms with Crippen molar-refractivity contribution in [2.75, 3.05) is 6.54 Å². The van der Waals surface area contributed by atoms with Crippen LogP contribution in [0.15, 0.2) is 28.8 Å². The highest BCUT2D eigenvalue weighted by Crippen LogP contribution is 2.33. The maximum Gasteiger partial charge on any atom is 0.237 e. The third-order valence-corrected chi connectivity index (χ3v) is 6.75. The molecule has 1 aliphatic carbocycles. The van der Waals surface area contributed by atoms with Crippen LogP contribution in [0.25, 0.3) is 11.4 Å². The van der Waals surface area contributed by atoms with Crippen molar-refractivity contribution in [1.29, 1.82) is 0 Å². The van der Waals surface area contributed by atoms with Gasteiger partial charge >= 0.3 is 0 Å². The van der Waals surface area contributed by atoms with Gasteiger partial charge in [0, 0.05) is 24.6 Å². The summed E-state index contributed by atoms with van der Waals surface area (Å²) >= 11 is 0. The number of aryl methyl sites for hydroxylation is 1. The Labute approximate surface area is 177 Å². The lowest BCUT2D eigenvalue weighted by Gasteiger charge is -2.32. The number of hydrogen-bond acceptors (Lipinski definition) is 6. The van der Waals surface area contributed by atoms with Gasteiger partial charge in [0.15, 0.2) is 0 Å². The van der Waals surface area contributed by atoms with E-state index in [1.807, 2.05) is 29.2 Å². The molecule has 162 valence electrons. The van der Waals surface area contributed by atoms with Crippen molar-refractivity contribution in [3.05, 3.63) is 35.7 Å². The van der Waals surface area contributed by atoms with Gasteiger partial charge in [-0.3, -0.25) is 9.69 Å². The number of aliphatic hydroxyl groups excluding tert-OH is 1. The zero-order valence-corrected chi connectivity index (χ0v) is 17.7. The molecule has 2 aromatic rings. The van der Waals surface area contributed by atoms with E-state index in [9.17, 15) is 9.90 Å². The third-order valence-electron chi connectivity index (χ3n) is 6.75. The molecule has 1 amide bonds. The van der Waals surface area contributed by atoms with Crippen molar-refractivity contribution in [2.45, 2.75) is 76.5 Å². The third kappa shape index (κ3) is 4.42. The van der Waals surface area contributed by atoms with Crippen molar-refractivity contribution in [2.24, 2.45) is 11.7 Å². The first kappa shape index (κ1) is 21.0. The number of benzene rings is 1. The second-order valence-electron chi connectivity index (χ2n) is 8.69. The highest BCUT2D eigenvalue weighted by Gasteiger charge is 2.40. The van der Waals surface area contributed by atoms with Crippen LogP contribution in [0.1, 0.15) is 69.4 Å². The number of likely N-dealkylation sites (tertiary alicyclic amines) is 1.